The number of hydrogen-bond donors (Lipinski definition) is 3. The zero-order valence-electron chi connectivity index (χ0n) is 9.30. The lowest BCUT2D eigenvalue weighted by Gasteiger charge is -2.08. The molecule has 7 heteroatoms. The fourth-order valence-corrected chi connectivity index (χ4v) is 2.27. The highest BCUT2D eigenvalue weighted by Gasteiger charge is 2.06. The van der Waals surface area contributed by atoms with Gasteiger partial charge < -0.3 is 10.5 Å². The quantitative estimate of drug-likeness (QED) is 0.233. The molecule has 90 valence electrons. The molecular weight excluding hydrogens is 244 g/mol. The van der Waals surface area contributed by atoms with Crippen LogP contribution in [0.4, 0.5) is 5.82 Å². The van der Waals surface area contributed by atoms with Crippen LogP contribution in [0.2, 0.25) is 0 Å². The van der Waals surface area contributed by atoms with Crippen molar-refractivity contribution in [3.8, 4) is 0 Å². The van der Waals surface area contributed by atoms with E-state index in [2.05, 4.69) is 15.4 Å². The molecule has 0 amide bonds. The average molecular weight is 260 g/mol. The molecule has 0 saturated carbocycles. The fourth-order valence-electron chi connectivity index (χ4n) is 0.923. The van der Waals surface area contributed by atoms with Crippen LogP contribution in [0.3, 0.4) is 0 Å². The third kappa shape index (κ3) is 4.17. The molecule has 0 aromatic carbocycles. The summed E-state index contributed by atoms with van der Waals surface area (Å²) in [5.74, 6) is 7.02. The van der Waals surface area contributed by atoms with E-state index < -0.39 is 0 Å². The van der Waals surface area contributed by atoms with E-state index >= 15 is 0 Å². The number of nitrogen functional groups attached to an aromatic ring is 1. The molecule has 1 unspecified atom stereocenters. The predicted octanol–water partition coefficient (Wildman–Crippen LogP) is 1.20. The summed E-state index contributed by atoms with van der Waals surface area (Å²) in [6, 6.07) is 1.80. The van der Waals surface area contributed by atoms with Crippen LogP contribution in [-0.2, 0) is 0 Å². The Balaban J connectivity index is 2.71. The summed E-state index contributed by atoms with van der Waals surface area (Å²) >= 11 is 3.06. The Bertz CT molecular complexity index is 315. The molecule has 0 fully saturated rings. The highest BCUT2D eigenvalue weighted by molar-refractivity contribution is 7.99. The van der Waals surface area contributed by atoms with Gasteiger partial charge in [0, 0.05) is 18.4 Å². The molecule has 5 nitrogen and oxygen atoms in total. The molecule has 0 saturated heterocycles. The van der Waals surface area contributed by atoms with Gasteiger partial charge in [-0.15, -0.1) is 11.8 Å². The Kier molecular flexibility index (Phi) is 5.89. The van der Waals surface area contributed by atoms with Crippen LogP contribution in [0.1, 0.15) is 6.92 Å². The Morgan fingerprint density at radius 2 is 2.31 bits per heavy atom. The van der Waals surface area contributed by atoms with E-state index in [1.807, 2.05) is 13.2 Å². The number of nitrogens with one attached hydrogen (secondary N) is 1. The van der Waals surface area contributed by atoms with Crippen molar-refractivity contribution in [3.63, 3.8) is 0 Å². The highest BCUT2D eigenvalue weighted by atomic mass is 32.2. The second kappa shape index (κ2) is 6.95. The molecule has 0 aliphatic carbocycles. The molecule has 1 rings (SSSR count). The zero-order chi connectivity index (χ0) is 12.0. The summed E-state index contributed by atoms with van der Waals surface area (Å²) < 4.78 is 0. The van der Waals surface area contributed by atoms with Crippen molar-refractivity contribution in [2.75, 3.05) is 24.0 Å². The van der Waals surface area contributed by atoms with Crippen molar-refractivity contribution in [3.05, 3.63) is 6.07 Å². The van der Waals surface area contributed by atoms with Crippen molar-refractivity contribution in [2.24, 2.45) is 11.8 Å². The van der Waals surface area contributed by atoms with Crippen molar-refractivity contribution in [1.82, 2.24) is 9.97 Å². The minimum absolute atomic E-state index is 0.190. The van der Waals surface area contributed by atoms with E-state index in [4.69, 9.17) is 10.9 Å². The minimum Gasteiger partial charge on any atom is -0.396 e. The number of aromatic nitrogens is 2. The maximum absolute atomic E-state index is 8.93. The first-order chi connectivity index (χ1) is 7.69. The third-order valence-corrected chi connectivity index (χ3v) is 3.63. The first kappa shape index (κ1) is 13.6. The normalized spacial score (nSPS) is 12.5. The monoisotopic (exact) mass is 260 g/mol. The van der Waals surface area contributed by atoms with Crippen LogP contribution in [-0.4, -0.2) is 33.7 Å². The van der Waals surface area contributed by atoms with Gasteiger partial charge in [-0.25, -0.2) is 15.8 Å². The van der Waals surface area contributed by atoms with E-state index in [0.29, 0.717) is 11.0 Å². The minimum atomic E-state index is 0.190. The Labute approximate surface area is 104 Å². The molecule has 16 heavy (non-hydrogen) atoms. The van der Waals surface area contributed by atoms with Gasteiger partial charge in [0.2, 0.25) is 0 Å². The van der Waals surface area contributed by atoms with Gasteiger partial charge in [-0.3, -0.25) is 0 Å². The van der Waals surface area contributed by atoms with Gasteiger partial charge in [0.1, 0.15) is 10.8 Å². The lowest BCUT2D eigenvalue weighted by molar-refractivity contribution is 0.250. The van der Waals surface area contributed by atoms with E-state index in [0.717, 1.165) is 10.8 Å². The van der Waals surface area contributed by atoms with Crippen LogP contribution >= 0.6 is 23.5 Å². The number of nitrogens with two attached hydrogens (primary N) is 1. The molecule has 1 atom stereocenters. The second-order valence-corrected chi connectivity index (χ2v) is 5.13. The number of hydrazine groups is 1. The molecule has 1 heterocycles. The van der Waals surface area contributed by atoms with Crippen molar-refractivity contribution < 1.29 is 5.11 Å². The molecule has 0 bridgehead atoms. The molecule has 0 spiro atoms. The van der Waals surface area contributed by atoms with Gasteiger partial charge in [-0.2, -0.15) is 0 Å². The van der Waals surface area contributed by atoms with Crippen molar-refractivity contribution in [2.45, 2.75) is 17.1 Å². The Morgan fingerprint density at radius 3 is 2.88 bits per heavy atom. The fraction of sp³-hybridized carbons (Fsp3) is 0.556. The SMILES string of the molecule is CSc1nc(NN)cc(SCC(C)CO)n1. The molecule has 0 aliphatic rings. The van der Waals surface area contributed by atoms with Crippen LogP contribution < -0.4 is 11.3 Å². The van der Waals surface area contributed by atoms with Crippen molar-refractivity contribution >= 4 is 29.3 Å². The topological polar surface area (TPSA) is 84.1 Å². The molecular formula is C9H16N4OS2. The van der Waals surface area contributed by atoms with Crippen LogP contribution in [0, 0.1) is 5.92 Å². The summed E-state index contributed by atoms with van der Waals surface area (Å²) in [7, 11) is 0. The lowest BCUT2D eigenvalue weighted by atomic mass is 10.2. The van der Waals surface area contributed by atoms with Gasteiger partial charge in [0.05, 0.1) is 0 Å². The lowest BCUT2D eigenvalue weighted by Crippen LogP contribution is -2.10. The van der Waals surface area contributed by atoms with E-state index in [1.165, 1.54) is 11.8 Å². The number of nitrogens with zero attached hydrogens (tertiary/aromatic N) is 2. The second-order valence-electron chi connectivity index (χ2n) is 3.32. The standard InChI is InChI=1S/C9H16N4OS2/c1-6(4-14)5-16-8-3-7(13-10)11-9(12-8)15-2/h3,6,14H,4-5,10H2,1-2H3,(H,11,12,13). The first-order valence-corrected chi connectivity index (χ1v) is 7.04. The van der Waals surface area contributed by atoms with Gasteiger partial charge >= 0.3 is 0 Å². The number of aliphatic hydroxyl groups is 1. The Hall–Kier alpha value is -0.500. The Morgan fingerprint density at radius 1 is 1.56 bits per heavy atom. The van der Waals surface area contributed by atoms with Gasteiger partial charge in [-0.05, 0) is 12.2 Å². The molecule has 1 aromatic rings. The van der Waals surface area contributed by atoms with E-state index in [9.17, 15) is 0 Å². The van der Waals surface area contributed by atoms with Crippen molar-refractivity contribution in [1.29, 1.82) is 0 Å². The highest BCUT2D eigenvalue weighted by Crippen LogP contribution is 2.23. The third-order valence-electron chi connectivity index (χ3n) is 1.84. The summed E-state index contributed by atoms with van der Waals surface area (Å²) in [6.07, 6.45) is 1.92. The molecule has 1 aromatic heterocycles. The van der Waals surface area contributed by atoms with Crippen LogP contribution in [0.15, 0.2) is 16.2 Å². The smallest absolute Gasteiger partial charge is 0.190 e. The largest absolute Gasteiger partial charge is 0.396 e. The predicted molar refractivity (Wildman–Crippen MR) is 68.6 cm³/mol. The molecule has 0 radical (unpaired) electrons. The summed E-state index contributed by atoms with van der Waals surface area (Å²) in [5.41, 5.74) is 2.52. The number of thioether (sulfide) groups is 2. The molecule has 0 aliphatic heterocycles. The summed E-state index contributed by atoms with van der Waals surface area (Å²) in [6.45, 7) is 2.18. The zero-order valence-corrected chi connectivity index (χ0v) is 10.9. The maximum atomic E-state index is 8.93. The molecule has 4 N–H and O–H groups in total. The van der Waals surface area contributed by atoms with Crippen LogP contribution in [0.25, 0.3) is 0 Å². The van der Waals surface area contributed by atoms with E-state index in [-0.39, 0.29) is 12.5 Å². The number of rotatable bonds is 6. The van der Waals surface area contributed by atoms with Gasteiger partial charge in [0.15, 0.2) is 5.16 Å². The summed E-state index contributed by atoms with van der Waals surface area (Å²) in [5, 5.41) is 10.5. The van der Waals surface area contributed by atoms with E-state index in [1.54, 1.807) is 17.8 Å². The summed E-state index contributed by atoms with van der Waals surface area (Å²) in [4.78, 5) is 8.51. The van der Waals surface area contributed by atoms with Gasteiger partial charge in [-0.1, -0.05) is 18.7 Å². The number of aliphatic hydroxyl groups excluding tert-OH is 1. The number of hydrogen-bond acceptors (Lipinski definition) is 7. The average Bonchev–Trinajstić information content (AvgIpc) is 2.35. The number of anilines is 1. The first-order valence-electron chi connectivity index (χ1n) is 4.83. The van der Waals surface area contributed by atoms with Gasteiger partial charge in [0.25, 0.3) is 0 Å². The van der Waals surface area contributed by atoms with Crippen LogP contribution in [0.5, 0.6) is 0 Å². The maximum Gasteiger partial charge on any atom is 0.190 e.